The number of fused-ring (bicyclic) bond motifs is 3. The van der Waals surface area contributed by atoms with Crippen molar-refractivity contribution in [3.05, 3.63) is 84.4 Å². The average molecular weight is 503 g/mol. The van der Waals surface area contributed by atoms with E-state index in [1.807, 2.05) is 42.5 Å². The third-order valence-corrected chi connectivity index (χ3v) is 12.4. The molecule has 3 aliphatic rings. The highest BCUT2D eigenvalue weighted by Crippen LogP contribution is 2.74. The summed E-state index contributed by atoms with van der Waals surface area (Å²) < 4.78 is 22.9. The smallest absolute Gasteiger partial charge is 0.288 e. The van der Waals surface area contributed by atoms with Crippen LogP contribution >= 0.6 is 7.37 Å². The van der Waals surface area contributed by atoms with Crippen molar-refractivity contribution < 1.29 is 19.3 Å². The largest absolute Gasteiger partial charge is 0.439 e. The molecule has 36 heavy (non-hydrogen) atoms. The van der Waals surface area contributed by atoms with Crippen molar-refractivity contribution >= 4 is 12.7 Å². The van der Waals surface area contributed by atoms with Gasteiger partial charge in [0.15, 0.2) is 0 Å². The number of hydrogen-bond donors (Lipinski definition) is 2. The minimum Gasteiger partial charge on any atom is -0.439 e. The Kier molecular flexibility index (Phi) is 6.32. The van der Waals surface area contributed by atoms with E-state index in [1.165, 1.54) is 0 Å². The standard InChI is InChI=1S/C31H35O4P/c32-25-18-14-23(15-19-25)31(22-8-2-1-3-9-22,24-16-20-26(33)21-17-24)36(34)30-13-7-5-11-28(30)27-10-4-6-12-29(27)35-36/h1-13,23-26,32-33H,14-21H2. The zero-order chi connectivity index (χ0) is 24.8. The first-order valence-electron chi connectivity index (χ1n) is 13.4. The number of rotatable bonds is 4. The lowest BCUT2D eigenvalue weighted by Gasteiger charge is -2.54. The van der Waals surface area contributed by atoms with E-state index in [4.69, 9.17) is 4.52 Å². The van der Waals surface area contributed by atoms with Crippen molar-refractivity contribution in [2.24, 2.45) is 11.8 Å². The minimum absolute atomic E-state index is 0.104. The third kappa shape index (κ3) is 3.69. The van der Waals surface area contributed by atoms with E-state index in [0.29, 0.717) is 31.4 Å². The van der Waals surface area contributed by atoms with Crippen LogP contribution in [0.15, 0.2) is 78.9 Å². The average Bonchev–Trinajstić information content (AvgIpc) is 2.92. The molecule has 2 aliphatic carbocycles. The molecule has 1 atom stereocenters. The van der Waals surface area contributed by atoms with Crippen LogP contribution in [0.4, 0.5) is 0 Å². The second-order valence-electron chi connectivity index (χ2n) is 10.9. The van der Waals surface area contributed by atoms with Gasteiger partial charge in [0.2, 0.25) is 0 Å². The van der Waals surface area contributed by atoms with Crippen LogP contribution in [-0.4, -0.2) is 22.4 Å². The molecule has 0 spiro atoms. The Bertz CT molecular complexity index is 1230. The summed E-state index contributed by atoms with van der Waals surface area (Å²) in [5, 5.41) is 20.9. The zero-order valence-electron chi connectivity index (χ0n) is 20.6. The van der Waals surface area contributed by atoms with Gasteiger partial charge in [-0.1, -0.05) is 66.7 Å². The van der Waals surface area contributed by atoms with Crippen LogP contribution in [-0.2, 0) is 9.72 Å². The second kappa shape index (κ2) is 9.49. The molecule has 2 N–H and O–H groups in total. The summed E-state index contributed by atoms with van der Waals surface area (Å²) in [7, 11) is -3.54. The van der Waals surface area contributed by atoms with Gasteiger partial charge >= 0.3 is 0 Å². The number of hydrogen-bond acceptors (Lipinski definition) is 4. The van der Waals surface area contributed by atoms with Gasteiger partial charge in [-0.2, -0.15) is 0 Å². The van der Waals surface area contributed by atoms with Crippen molar-refractivity contribution in [2.75, 3.05) is 0 Å². The molecule has 188 valence electrons. The summed E-state index contributed by atoms with van der Waals surface area (Å²) in [5.41, 5.74) is 3.06. The van der Waals surface area contributed by atoms with Gasteiger partial charge in [-0.15, -0.1) is 0 Å². The van der Waals surface area contributed by atoms with Gasteiger partial charge < -0.3 is 14.7 Å². The molecule has 0 saturated heterocycles. The molecule has 0 aromatic heterocycles. The predicted octanol–water partition coefficient (Wildman–Crippen LogP) is 6.65. The Hall–Kier alpha value is -2.39. The summed E-state index contributed by atoms with van der Waals surface area (Å²) in [6, 6.07) is 26.4. The Morgan fingerprint density at radius 3 is 1.75 bits per heavy atom. The van der Waals surface area contributed by atoms with Crippen LogP contribution < -0.4 is 9.83 Å². The summed E-state index contributed by atoms with van der Waals surface area (Å²) in [6.07, 6.45) is 5.50. The van der Waals surface area contributed by atoms with Crippen LogP contribution in [0.25, 0.3) is 11.1 Å². The van der Waals surface area contributed by atoms with Crippen molar-refractivity contribution in [3.63, 3.8) is 0 Å². The van der Waals surface area contributed by atoms with Gasteiger partial charge in [0, 0.05) is 5.56 Å². The van der Waals surface area contributed by atoms with Crippen LogP contribution in [0.1, 0.15) is 56.9 Å². The molecule has 1 aliphatic heterocycles. The van der Waals surface area contributed by atoms with Gasteiger partial charge in [-0.05, 0) is 86.5 Å². The summed E-state index contributed by atoms with van der Waals surface area (Å²) in [4.78, 5) is 0. The van der Waals surface area contributed by atoms with Crippen molar-refractivity contribution in [2.45, 2.75) is 68.7 Å². The predicted molar refractivity (Wildman–Crippen MR) is 144 cm³/mol. The lowest BCUT2D eigenvalue weighted by molar-refractivity contribution is 0.0524. The van der Waals surface area contributed by atoms with Gasteiger partial charge in [0.25, 0.3) is 7.37 Å². The highest BCUT2D eigenvalue weighted by molar-refractivity contribution is 7.69. The van der Waals surface area contributed by atoms with E-state index in [2.05, 4.69) is 36.4 Å². The lowest BCUT2D eigenvalue weighted by Crippen LogP contribution is -2.49. The zero-order valence-corrected chi connectivity index (χ0v) is 21.5. The third-order valence-electron chi connectivity index (χ3n) is 8.99. The first-order chi connectivity index (χ1) is 17.5. The molecule has 2 fully saturated rings. The molecule has 3 aromatic carbocycles. The van der Waals surface area contributed by atoms with E-state index in [0.717, 1.165) is 47.7 Å². The second-order valence-corrected chi connectivity index (χ2v) is 13.4. The first kappa shape index (κ1) is 24.0. The Balaban J connectivity index is 1.64. The molecule has 2 saturated carbocycles. The summed E-state index contributed by atoms with van der Waals surface area (Å²) in [6.45, 7) is 0. The van der Waals surface area contributed by atoms with E-state index < -0.39 is 12.5 Å². The molecular weight excluding hydrogens is 467 g/mol. The van der Waals surface area contributed by atoms with E-state index >= 15 is 4.57 Å². The van der Waals surface area contributed by atoms with Crippen LogP contribution in [0, 0.1) is 11.8 Å². The maximum Gasteiger partial charge on any atom is 0.288 e. The first-order valence-corrected chi connectivity index (χ1v) is 15.1. The molecule has 0 bridgehead atoms. The highest BCUT2D eigenvalue weighted by atomic mass is 31.2. The fraction of sp³-hybridized carbons (Fsp3) is 0.419. The van der Waals surface area contributed by atoms with E-state index in [-0.39, 0.29) is 24.0 Å². The Morgan fingerprint density at radius 2 is 1.14 bits per heavy atom. The van der Waals surface area contributed by atoms with Crippen LogP contribution in [0.5, 0.6) is 5.75 Å². The fourth-order valence-corrected chi connectivity index (χ4v) is 11.2. The maximum absolute atomic E-state index is 16.1. The molecule has 3 aromatic rings. The van der Waals surface area contributed by atoms with Crippen LogP contribution in [0.2, 0.25) is 0 Å². The minimum atomic E-state index is -3.54. The van der Waals surface area contributed by atoms with Crippen molar-refractivity contribution in [1.29, 1.82) is 0 Å². The molecular formula is C31H35O4P. The highest BCUT2D eigenvalue weighted by Gasteiger charge is 2.63. The van der Waals surface area contributed by atoms with Gasteiger partial charge in [0.05, 0.1) is 22.7 Å². The SMILES string of the molecule is O=P1(C(c2ccccc2)(C2CCC(O)CC2)C2CCC(O)CC2)Oc2ccccc2-c2ccccc21. The van der Waals surface area contributed by atoms with Gasteiger partial charge in [-0.25, -0.2) is 0 Å². The van der Waals surface area contributed by atoms with Crippen LogP contribution in [0.3, 0.4) is 0 Å². The van der Waals surface area contributed by atoms with Gasteiger partial charge in [-0.3, -0.25) is 4.57 Å². The summed E-state index contributed by atoms with van der Waals surface area (Å²) >= 11 is 0. The Morgan fingerprint density at radius 1 is 0.639 bits per heavy atom. The van der Waals surface area contributed by atoms with E-state index in [1.54, 1.807) is 0 Å². The monoisotopic (exact) mass is 502 g/mol. The fourth-order valence-electron chi connectivity index (χ4n) is 7.38. The number of aliphatic hydroxyl groups excluding tert-OH is 2. The van der Waals surface area contributed by atoms with E-state index in [9.17, 15) is 10.2 Å². The molecule has 6 rings (SSSR count). The molecule has 0 amide bonds. The quantitative estimate of drug-likeness (QED) is 0.392. The topological polar surface area (TPSA) is 66.8 Å². The normalized spacial score (nSPS) is 31.4. The summed E-state index contributed by atoms with van der Waals surface area (Å²) in [5.74, 6) is 0.895. The Labute approximate surface area is 213 Å². The molecule has 1 unspecified atom stereocenters. The lowest BCUT2D eigenvalue weighted by atomic mass is 9.65. The van der Waals surface area contributed by atoms with Gasteiger partial charge in [0.1, 0.15) is 5.75 Å². The molecule has 5 heteroatoms. The number of benzene rings is 3. The number of para-hydroxylation sites is 1. The maximum atomic E-state index is 16.1. The molecule has 0 radical (unpaired) electrons. The molecule has 4 nitrogen and oxygen atoms in total. The molecule has 1 heterocycles. The van der Waals surface area contributed by atoms with Crippen molar-refractivity contribution in [3.8, 4) is 16.9 Å². The van der Waals surface area contributed by atoms with Crippen molar-refractivity contribution in [1.82, 2.24) is 0 Å². The number of aliphatic hydroxyl groups is 2.